The molecular formula is C24H25ClN6O2S. The zero-order valence-corrected chi connectivity index (χ0v) is 20.9. The summed E-state index contributed by atoms with van der Waals surface area (Å²) >= 11 is 7.34. The third-order valence-electron chi connectivity index (χ3n) is 4.96. The molecule has 0 saturated heterocycles. The van der Waals surface area contributed by atoms with Gasteiger partial charge < -0.3 is 10.1 Å². The fourth-order valence-corrected chi connectivity index (χ4v) is 3.98. The predicted molar refractivity (Wildman–Crippen MR) is 135 cm³/mol. The first-order valence-corrected chi connectivity index (χ1v) is 12.0. The molecule has 2 heterocycles. The van der Waals surface area contributed by atoms with Gasteiger partial charge in [0.2, 0.25) is 11.1 Å². The molecule has 1 amide bonds. The number of aromatic amines is 1. The molecule has 0 atom stereocenters. The SMILES string of the molecule is COc1ccc(Cl)cc1-c1nc(SCC(=O)Nc2cc(C(C)(C)C)nn2-c2ccccc2)n[nH]1. The molecule has 0 fully saturated rings. The first-order valence-electron chi connectivity index (χ1n) is 10.6. The van der Waals surface area contributed by atoms with Gasteiger partial charge in [-0.15, -0.1) is 5.10 Å². The summed E-state index contributed by atoms with van der Waals surface area (Å²) in [4.78, 5) is 17.2. The first kappa shape index (κ1) is 23.8. The lowest BCUT2D eigenvalue weighted by Crippen LogP contribution is -2.17. The van der Waals surface area contributed by atoms with E-state index < -0.39 is 0 Å². The Hall–Kier alpha value is -3.30. The number of halogens is 1. The van der Waals surface area contributed by atoms with Gasteiger partial charge in [0.1, 0.15) is 11.6 Å². The summed E-state index contributed by atoms with van der Waals surface area (Å²) in [6.45, 7) is 6.26. The van der Waals surface area contributed by atoms with E-state index in [-0.39, 0.29) is 17.1 Å². The number of para-hydroxylation sites is 1. The Morgan fingerprint density at radius 1 is 1.18 bits per heavy atom. The number of thioether (sulfide) groups is 1. The van der Waals surface area contributed by atoms with Gasteiger partial charge in [0.25, 0.3) is 0 Å². The van der Waals surface area contributed by atoms with E-state index >= 15 is 0 Å². The summed E-state index contributed by atoms with van der Waals surface area (Å²) in [5.74, 6) is 1.70. The quantitative estimate of drug-likeness (QED) is 0.335. The molecule has 2 aromatic carbocycles. The van der Waals surface area contributed by atoms with E-state index in [2.05, 4.69) is 41.3 Å². The van der Waals surface area contributed by atoms with E-state index in [1.165, 1.54) is 11.8 Å². The van der Waals surface area contributed by atoms with Crippen LogP contribution in [-0.2, 0) is 10.2 Å². The van der Waals surface area contributed by atoms with Crippen molar-refractivity contribution < 1.29 is 9.53 Å². The van der Waals surface area contributed by atoms with Crippen LogP contribution in [0.25, 0.3) is 17.1 Å². The second kappa shape index (κ2) is 9.90. The van der Waals surface area contributed by atoms with Gasteiger partial charge in [0, 0.05) is 16.5 Å². The Kier molecular flexibility index (Phi) is 6.95. The molecular weight excluding hydrogens is 472 g/mol. The fourth-order valence-electron chi connectivity index (χ4n) is 3.21. The average molecular weight is 497 g/mol. The topological polar surface area (TPSA) is 97.7 Å². The maximum absolute atomic E-state index is 12.8. The third kappa shape index (κ3) is 5.43. The number of nitrogens with zero attached hydrogens (tertiary/aromatic N) is 4. The Morgan fingerprint density at radius 2 is 1.94 bits per heavy atom. The fraction of sp³-hybridized carbons (Fsp3) is 0.250. The number of amides is 1. The maximum Gasteiger partial charge on any atom is 0.236 e. The minimum atomic E-state index is -0.186. The van der Waals surface area contributed by atoms with Crippen LogP contribution in [0.5, 0.6) is 5.75 Å². The Morgan fingerprint density at radius 3 is 2.65 bits per heavy atom. The van der Waals surface area contributed by atoms with Crippen LogP contribution in [0.1, 0.15) is 26.5 Å². The van der Waals surface area contributed by atoms with Crippen molar-refractivity contribution in [3.63, 3.8) is 0 Å². The van der Waals surface area contributed by atoms with E-state index in [1.807, 2.05) is 36.4 Å². The van der Waals surface area contributed by atoms with Gasteiger partial charge in [-0.2, -0.15) is 5.10 Å². The normalized spacial score (nSPS) is 11.4. The molecule has 0 bridgehead atoms. The molecule has 4 aromatic rings. The van der Waals surface area contributed by atoms with Crippen LogP contribution in [0.15, 0.2) is 59.8 Å². The summed E-state index contributed by atoms with van der Waals surface area (Å²) < 4.78 is 7.13. The highest BCUT2D eigenvalue weighted by atomic mass is 35.5. The number of carbonyl (C=O) groups is 1. The number of hydrogen-bond donors (Lipinski definition) is 2. The number of anilines is 1. The molecule has 4 rings (SSSR count). The van der Waals surface area contributed by atoms with Crippen molar-refractivity contribution in [3.8, 4) is 22.8 Å². The molecule has 10 heteroatoms. The molecule has 0 aliphatic carbocycles. The lowest BCUT2D eigenvalue weighted by atomic mass is 9.92. The van der Waals surface area contributed by atoms with Crippen molar-refractivity contribution in [2.24, 2.45) is 0 Å². The van der Waals surface area contributed by atoms with Gasteiger partial charge in [-0.25, -0.2) is 9.67 Å². The first-order chi connectivity index (χ1) is 16.2. The number of carbonyl (C=O) groups excluding carboxylic acids is 1. The highest BCUT2D eigenvalue weighted by Gasteiger charge is 2.22. The lowest BCUT2D eigenvalue weighted by molar-refractivity contribution is -0.113. The molecule has 0 unspecified atom stereocenters. The molecule has 34 heavy (non-hydrogen) atoms. The number of nitrogens with one attached hydrogen (secondary N) is 2. The number of rotatable bonds is 7. The van der Waals surface area contributed by atoms with Crippen LogP contribution >= 0.6 is 23.4 Å². The Bertz CT molecular complexity index is 1300. The van der Waals surface area contributed by atoms with E-state index in [1.54, 1.807) is 30.0 Å². The number of methoxy groups -OCH3 is 1. The van der Waals surface area contributed by atoms with Crippen molar-refractivity contribution in [2.45, 2.75) is 31.3 Å². The minimum Gasteiger partial charge on any atom is -0.496 e. The summed E-state index contributed by atoms with van der Waals surface area (Å²) in [6.07, 6.45) is 0. The van der Waals surface area contributed by atoms with E-state index in [0.29, 0.717) is 33.1 Å². The summed E-state index contributed by atoms with van der Waals surface area (Å²) in [7, 11) is 1.58. The van der Waals surface area contributed by atoms with Crippen LogP contribution in [-0.4, -0.2) is 43.7 Å². The van der Waals surface area contributed by atoms with Crippen molar-refractivity contribution in [2.75, 3.05) is 18.2 Å². The van der Waals surface area contributed by atoms with Gasteiger partial charge in [-0.3, -0.25) is 9.89 Å². The van der Waals surface area contributed by atoms with Gasteiger partial charge in [-0.1, -0.05) is 62.3 Å². The molecule has 2 N–H and O–H groups in total. The number of H-pyrrole nitrogens is 1. The Balaban J connectivity index is 1.47. The number of ether oxygens (including phenoxy) is 1. The molecule has 0 aliphatic rings. The van der Waals surface area contributed by atoms with Gasteiger partial charge in [0.15, 0.2) is 5.82 Å². The molecule has 0 radical (unpaired) electrons. The van der Waals surface area contributed by atoms with Gasteiger partial charge >= 0.3 is 0 Å². The zero-order chi connectivity index (χ0) is 24.3. The van der Waals surface area contributed by atoms with Crippen LogP contribution in [0.4, 0.5) is 5.82 Å². The van der Waals surface area contributed by atoms with Crippen LogP contribution in [0.3, 0.4) is 0 Å². The van der Waals surface area contributed by atoms with Crippen LogP contribution in [0.2, 0.25) is 5.02 Å². The number of aromatic nitrogens is 5. The second-order valence-corrected chi connectivity index (χ2v) is 9.94. The van der Waals surface area contributed by atoms with Crippen molar-refractivity contribution in [1.29, 1.82) is 0 Å². The van der Waals surface area contributed by atoms with E-state index in [4.69, 9.17) is 21.4 Å². The second-order valence-electron chi connectivity index (χ2n) is 8.56. The largest absolute Gasteiger partial charge is 0.496 e. The zero-order valence-electron chi connectivity index (χ0n) is 19.3. The minimum absolute atomic E-state index is 0.134. The molecule has 0 saturated carbocycles. The summed E-state index contributed by atoms with van der Waals surface area (Å²) in [6, 6.07) is 16.9. The van der Waals surface area contributed by atoms with Gasteiger partial charge in [0.05, 0.1) is 29.8 Å². The highest BCUT2D eigenvalue weighted by Crippen LogP contribution is 2.31. The molecule has 0 aliphatic heterocycles. The molecule has 0 spiro atoms. The summed E-state index contributed by atoms with van der Waals surface area (Å²) in [5.41, 5.74) is 2.29. The molecule has 8 nitrogen and oxygen atoms in total. The smallest absolute Gasteiger partial charge is 0.236 e. The van der Waals surface area contributed by atoms with E-state index in [9.17, 15) is 4.79 Å². The van der Waals surface area contributed by atoms with Crippen molar-refractivity contribution in [1.82, 2.24) is 25.0 Å². The number of hydrogen-bond acceptors (Lipinski definition) is 6. The third-order valence-corrected chi connectivity index (χ3v) is 6.04. The maximum atomic E-state index is 12.8. The predicted octanol–water partition coefficient (Wildman–Crippen LogP) is 5.35. The summed E-state index contributed by atoms with van der Waals surface area (Å²) in [5, 5.41) is 15.8. The van der Waals surface area contributed by atoms with Crippen LogP contribution < -0.4 is 10.1 Å². The van der Waals surface area contributed by atoms with Crippen molar-refractivity contribution >= 4 is 35.1 Å². The van der Waals surface area contributed by atoms with Crippen LogP contribution in [0, 0.1) is 0 Å². The monoisotopic (exact) mass is 496 g/mol. The average Bonchev–Trinajstić information content (AvgIpc) is 3.45. The number of benzene rings is 2. The standard InChI is InChI=1S/C24H25ClN6O2S/c1-24(2,3)19-13-20(31(30-19)16-8-6-5-7-9-16)26-21(32)14-34-23-27-22(28-29-23)17-12-15(25)10-11-18(17)33-4/h5-13H,14H2,1-4H3,(H,26,32)(H,27,28,29). The van der Waals surface area contributed by atoms with Crippen molar-refractivity contribution in [3.05, 3.63) is 65.3 Å². The molecule has 2 aromatic heterocycles. The lowest BCUT2D eigenvalue weighted by Gasteiger charge is -2.14. The molecule has 176 valence electrons. The van der Waals surface area contributed by atoms with Gasteiger partial charge in [-0.05, 0) is 30.3 Å². The van der Waals surface area contributed by atoms with E-state index in [0.717, 1.165) is 11.4 Å². The highest BCUT2D eigenvalue weighted by molar-refractivity contribution is 7.99. The Labute approximate surface area is 207 Å².